The number of hydrogen-bond acceptors (Lipinski definition) is 4. The number of carbonyl (C=O) groups excluding carboxylic acids is 2. The largest absolute Gasteiger partial charge is 0.483 e. The summed E-state index contributed by atoms with van der Waals surface area (Å²) in [6.07, 6.45) is 0. The molecule has 0 spiro atoms. The van der Waals surface area contributed by atoms with Crippen LogP contribution < -0.4 is 4.74 Å². The van der Waals surface area contributed by atoms with E-state index < -0.39 is 5.97 Å². The van der Waals surface area contributed by atoms with Crippen LogP contribution in [0.25, 0.3) is 0 Å². The predicted molar refractivity (Wildman–Crippen MR) is 89.6 cm³/mol. The van der Waals surface area contributed by atoms with E-state index in [1.165, 1.54) is 12.0 Å². The first-order valence-corrected chi connectivity index (χ1v) is 7.85. The van der Waals surface area contributed by atoms with Crippen LogP contribution in [0.15, 0.2) is 18.2 Å². The summed E-state index contributed by atoms with van der Waals surface area (Å²) >= 11 is 0. The molecular weight excluding hydrogens is 294 g/mol. The Bertz CT molecular complexity index is 552. The van der Waals surface area contributed by atoms with Gasteiger partial charge in [0.25, 0.3) is 5.91 Å². The Hall–Kier alpha value is -2.04. The monoisotopic (exact) mass is 321 g/mol. The molecule has 0 heterocycles. The fourth-order valence-electron chi connectivity index (χ4n) is 2.23. The topological polar surface area (TPSA) is 55.8 Å². The van der Waals surface area contributed by atoms with Gasteiger partial charge in [0.05, 0.1) is 7.11 Å². The first-order chi connectivity index (χ1) is 10.8. The number of nitrogens with zero attached hydrogens (tertiary/aromatic N) is 1. The highest BCUT2D eigenvalue weighted by Crippen LogP contribution is 2.27. The zero-order valence-electron chi connectivity index (χ0n) is 14.9. The average molecular weight is 321 g/mol. The van der Waals surface area contributed by atoms with Crippen molar-refractivity contribution in [1.29, 1.82) is 0 Å². The van der Waals surface area contributed by atoms with Crippen LogP contribution in [0.1, 0.15) is 44.7 Å². The minimum Gasteiger partial charge on any atom is -0.483 e. The molecule has 1 amide bonds. The standard InChI is InChI=1S/C18H27NO4/c1-12(2)15-8-7-14(5)9-16(15)23-11-17(20)19(13(3)4)10-18(21)22-6/h7-9,12-13H,10-11H2,1-6H3. The lowest BCUT2D eigenvalue weighted by Crippen LogP contribution is -2.43. The molecule has 0 aromatic heterocycles. The molecule has 0 atom stereocenters. The Kier molecular flexibility index (Phi) is 7.07. The fraction of sp³-hybridized carbons (Fsp3) is 0.556. The lowest BCUT2D eigenvalue weighted by molar-refractivity contribution is -0.149. The van der Waals surface area contributed by atoms with Crippen LogP contribution in [0.5, 0.6) is 5.75 Å². The third-order valence-electron chi connectivity index (χ3n) is 3.61. The minimum absolute atomic E-state index is 0.0682. The summed E-state index contributed by atoms with van der Waals surface area (Å²) < 4.78 is 10.4. The van der Waals surface area contributed by atoms with Crippen LogP contribution in [0.2, 0.25) is 0 Å². The SMILES string of the molecule is COC(=O)CN(C(=O)COc1cc(C)ccc1C(C)C)C(C)C. The van der Waals surface area contributed by atoms with Gasteiger partial charge in [0.2, 0.25) is 0 Å². The first-order valence-electron chi connectivity index (χ1n) is 7.85. The van der Waals surface area contributed by atoms with Crippen LogP contribution >= 0.6 is 0 Å². The Morgan fingerprint density at radius 3 is 2.35 bits per heavy atom. The van der Waals surface area contributed by atoms with Crippen molar-refractivity contribution in [3.63, 3.8) is 0 Å². The zero-order chi connectivity index (χ0) is 17.6. The van der Waals surface area contributed by atoms with Crippen LogP contribution in [-0.2, 0) is 14.3 Å². The number of esters is 1. The van der Waals surface area contributed by atoms with E-state index >= 15 is 0 Å². The molecule has 1 rings (SSSR count). The number of carbonyl (C=O) groups is 2. The van der Waals surface area contributed by atoms with E-state index in [9.17, 15) is 9.59 Å². The molecule has 0 saturated heterocycles. The molecule has 1 aromatic rings. The number of benzene rings is 1. The lowest BCUT2D eigenvalue weighted by Gasteiger charge is -2.25. The second-order valence-electron chi connectivity index (χ2n) is 6.18. The van der Waals surface area contributed by atoms with Crippen LogP contribution in [-0.4, -0.2) is 43.1 Å². The molecule has 23 heavy (non-hydrogen) atoms. The molecule has 0 saturated carbocycles. The number of rotatable bonds is 7. The number of hydrogen-bond donors (Lipinski definition) is 0. The van der Waals surface area contributed by atoms with Gasteiger partial charge in [-0.1, -0.05) is 26.0 Å². The third kappa shape index (κ3) is 5.58. The molecule has 5 heteroatoms. The van der Waals surface area contributed by atoms with E-state index in [1.807, 2.05) is 39.0 Å². The van der Waals surface area contributed by atoms with Gasteiger partial charge in [-0.25, -0.2) is 0 Å². The van der Waals surface area contributed by atoms with Crippen molar-refractivity contribution in [2.24, 2.45) is 0 Å². The molecule has 0 aliphatic heterocycles. The number of amides is 1. The lowest BCUT2D eigenvalue weighted by atomic mass is 10.0. The summed E-state index contributed by atoms with van der Waals surface area (Å²) in [5, 5.41) is 0. The predicted octanol–water partition coefficient (Wildman–Crippen LogP) is 2.91. The highest BCUT2D eigenvalue weighted by atomic mass is 16.5. The van der Waals surface area contributed by atoms with Crippen LogP contribution in [0.4, 0.5) is 0 Å². The van der Waals surface area contributed by atoms with E-state index in [0.29, 0.717) is 5.92 Å². The van der Waals surface area contributed by atoms with Crippen LogP contribution in [0, 0.1) is 6.92 Å². The van der Waals surface area contributed by atoms with Gasteiger partial charge >= 0.3 is 5.97 Å². The first kappa shape index (κ1) is 19.0. The van der Waals surface area contributed by atoms with Gasteiger partial charge in [-0.3, -0.25) is 9.59 Å². The Balaban J connectivity index is 2.81. The summed E-state index contributed by atoms with van der Waals surface area (Å²) in [5.74, 6) is 0.346. The maximum Gasteiger partial charge on any atom is 0.325 e. The van der Waals surface area contributed by atoms with Gasteiger partial charge in [0.15, 0.2) is 6.61 Å². The Morgan fingerprint density at radius 2 is 1.83 bits per heavy atom. The van der Waals surface area contributed by atoms with E-state index in [4.69, 9.17) is 4.74 Å². The van der Waals surface area contributed by atoms with E-state index in [0.717, 1.165) is 16.9 Å². The smallest absolute Gasteiger partial charge is 0.325 e. The maximum atomic E-state index is 12.4. The van der Waals surface area contributed by atoms with Crippen molar-refractivity contribution in [1.82, 2.24) is 4.90 Å². The number of ether oxygens (including phenoxy) is 2. The highest BCUT2D eigenvalue weighted by molar-refractivity contribution is 5.83. The van der Waals surface area contributed by atoms with E-state index in [2.05, 4.69) is 18.6 Å². The molecule has 0 N–H and O–H groups in total. The molecule has 1 aromatic carbocycles. The van der Waals surface area contributed by atoms with Crippen LogP contribution in [0.3, 0.4) is 0 Å². The molecular formula is C18H27NO4. The maximum absolute atomic E-state index is 12.4. The average Bonchev–Trinajstić information content (AvgIpc) is 2.49. The Labute approximate surface area is 138 Å². The molecule has 0 aliphatic carbocycles. The second kappa shape index (κ2) is 8.56. The van der Waals surface area contributed by atoms with Gasteiger partial charge in [-0.2, -0.15) is 0 Å². The molecule has 0 radical (unpaired) electrons. The molecule has 0 fully saturated rings. The van der Waals surface area contributed by atoms with E-state index in [1.54, 1.807) is 0 Å². The summed E-state index contributed by atoms with van der Waals surface area (Å²) in [5.41, 5.74) is 2.14. The van der Waals surface area contributed by atoms with Gasteiger partial charge in [-0.15, -0.1) is 0 Å². The molecule has 0 aliphatic rings. The van der Waals surface area contributed by atoms with Crippen molar-refractivity contribution in [2.75, 3.05) is 20.3 Å². The van der Waals surface area contributed by atoms with Gasteiger partial charge in [-0.05, 0) is 43.9 Å². The van der Waals surface area contributed by atoms with Crippen molar-refractivity contribution in [3.05, 3.63) is 29.3 Å². The van der Waals surface area contributed by atoms with Crippen molar-refractivity contribution in [2.45, 2.75) is 46.6 Å². The van der Waals surface area contributed by atoms with E-state index in [-0.39, 0.29) is 25.1 Å². The third-order valence-corrected chi connectivity index (χ3v) is 3.61. The van der Waals surface area contributed by atoms with Crippen molar-refractivity contribution < 1.29 is 19.1 Å². The number of aryl methyl sites for hydroxylation is 1. The quantitative estimate of drug-likeness (QED) is 0.725. The summed E-state index contributed by atoms with van der Waals surface area (Å²) in [7, 11) is 1.31. The van der Waals surface area contributed by atoms with Crippen molar-refractivity contribution >= 4 is 11.9 Å². The van der Waals surface area contributed by atoms with Gasteiger partial charge < -0.3 is 14.4 Å². The van der Waals surface area contributed by atoms with Gasteiger partial charge in [0, 0.05) is 6.04 Å². The highest BCUT2D eigenvalue weighted by Gasteiger charge is 2.21. The summed E-state index contributed by atoms with van der Waals surface area (Å²) in [6.45, 7) is 9.68. The summed E-state index contributed by atoms with van der Waals surface area (Å²) in [4.78, 5) is 25.3. The number of methoxy groups -OCH3 is 1. The molecule has 5 nitrogen and oxygen atoms in total. The minimum atomic E-state index is -0.439. The normalized spacial score (nSPS) is 10.8. The van der Waals surface area contributed by atoms with Gasteiger partial charge in [0.1, 0.15) is 12.3 Å². The molecule has 0 unspecified atom stereocenters. The zero-order valence-corrected chi connectivity index (χ0v) is 14.9. The molecule has 128 valence electrons. The molecule has 0 bridgehead atoms. The fourth-order valence-corrected chi connectivity index (χ4v) is 2.23. The van der Waals surface area contributed by atoms with Crippen molar-refractivity contribution in [3.8, 4) is 5.75 Å². The second-order valence-corrected chi connectivity index (χ2v) is 6.18. The summed E-state index contributed by atoms with van der Waals surface area (Å²) in [6, 6.07) is 5.88. The Morgan fingerprint density at radius 1 is 1.17 bits per heavy atom.